The minimum atomic E-state index is -0.912. The summed E-state index contributed by atoms with van der Waals surface area (Å²) in [5.41, 5.74) is 0.733. The third-order valence-electron chi connectivity index (χ3n) is 3.70. The van der Waals surface area contributed by atoms with Crippen LogP contribution in [-0.4, -0.2) is 59.0 Å². The maximum absolute atomic E-state index is 12.4. The average molecular weight is 300 g/mol. The van der Waals surface area contributed by atoms with E-state index in [1.54, 1.807) is 30.3 Å². The highest BCUT2D eigenvalue weighted by atomic mass is 16.3. The maximum atomic E-state index is 12.4. The minimum absolute atomic E-state index is 0.302. The second-order valence-electron chi connectivity index (χ2n) is 5.33. The quantitative estimate of drug-likeness (QED) is 0.609. The Bertz CT molecular complexity index is 577. The summed E-state index contributed by atoms with van der Waals surface area (Å²) in [6, 6.07) is 5.90. The predicted molar refractivity (Wildman–Crippen MR) is 84.6 cm³/mol. The third-order valence-corrected chi connectivity index (χ3v) is 3.70. The molecule has 1 N–H and O–H groups in total. The molecule has 0 saturated carbocycles. The van der Waals surface area contributed by atoms with Gasteiger partial charge in [-0.3, -0.25) is 14.5 Å². The zero-order valence-electron chi connectivity index (χ0n) is 12.6. The fourth-order valence-electron chi connectivity index (χ4n) is 2.64. The molecule has 0 aromatic heterocycles. The molecule has 1 aromatic rings. The van der Waals surface area contributed by atoms with Crippen molar-refractivity contribution in [2.45, 2.75) is 12.1 Å². The van der Waals surface area contributed by atoms with Gasteiger partial charge >= 0.3 is 0 Å². The number of likely N-dealkylation sites (N-methyl/N-ethyl adjacent to an activating group) is 1. The molecule has 2 rings (SSSR count). The molecular weight excluding hydrogens is 280 g/mol. The van der Waals surface area contributed by atoms with Gasteiger partial charge in [-0.2, -0.15) is 0 Å². The van der Waals surface area contributed by atoms with Crippen LogP contribution in [0.5, 0.6) is 0 Å². The van der Waals surface area contributed by atoms with Gasteiger partial charge in [-0.15, -0.1) is 13.2 Å². The Balaban J connectivity index is 2.22. The molecule has 0 unspecified atom stereocenters. The summed E-state index contributed by atoms with van der Waals surface area (Å²) >= 11 is 0. The summed E-state index contributed by atoms with van der Waals surface area (Å²) in [4.78, 5) is 27.8. The van der Waals surface area contributed by atoms with Gasteiger partial charge in [0.15, 0.2) is 0 Å². The Morgan fingerprint density at radius 3 is 2.23 bits per heavy atom. The molecule has 116 valence electrons. The lowest BCUT2D eigenvalue weighted by Gasteiger charge is -2.30. The monoisotopic (exact) mass is 300 g/mol. The van der Waals surface area contributed by atoms with Gasteiger partial charge in [-0.05, 0) is 19.2 Å². The van der Waals surface area contributed by atoms with Gasteiger partial charge in [0.25, 0.3) is 11.8 Å². The van der Waals surface area contributed by atoms with Crippen LogP contribution in [0.2, 0.25) is 0 Å². The van der Waals surface area contributed by atoms with Crippen LogP contribution in [-0.2, 0) is 0 Å². The van der Waals surface area contributed by atoms with Crippen molar-refractivity contribution in [2.24, 2.45) is 0 Å². The first-order chi connectivity index (χ1) is 10.5. The molecule has 0 bridgehead atoms. The summed E-state index contributed by atoms with van der Waals surface area (Å²) in [5.74, 6) is -0.785. The largest absolute Gasteiger partial charge is 0.389 e. The van der Waals surface area contributed by atoms with Gasteiger partial charge in [0.2, 0.25) is 0 Å². The Morgan fingerprint density at radius 2 is 1.77 bits per heavy atom. The van der Waals surface area contributed by atoms with E-state index in [9.17, 15) is 14.7 Å². The molecule has 1 aromatic carbocycles. The maximum Gasteiger partial charge on any atom is 0.262 e. The summed E-state index contributed by atoms with van der Waals surface area (Å²) < 4.78 is 0. The van der Waals surface area contributed by atoms with Crippen molar-refractivity contribution in [2.75, 3.05) is 20.1 Å². The van der Waals surface area contributed by atoms with Crippen molar-refractivity contribution < 1.29 is 14.7 Å². The normalized spacial score (nSPS) is 16.6. The number of fused-ring (bicyclic) bond motifs is 1. The summed E-state index contributed by atoms with van der Waals surface area (Å²) in [6.07, 6.45) is 2.25. The van der Waals surface area contributed by atoms with Gasteiger partial charge in [-0.25, -0.2) is 0 Å². The average Bonchev–Trinajstić information content (AvgIpc) is 2.74. The van der Waals surface area contributed by atoms with Crippen LogP contribution in [0.3, 0.4) is 0 Å². The molecule has 0 radical (unpaired) electrons. The fourth-order valence-corrected chi connectivity index (χ4v) is 2.64. The molecule has 5 nitrogen and oxygen atoms in total. The van der Waals surface area contributed by atoms with E-state index in [0.717, 1.165) is 4.90 Å². The van der Waals surface area contributed by atoms with Gasteiger partial charge in [-0.1, -0.05) is 24.3 Å². The van der Waals surface area contributed by atoms with Crippen molar-refractivity contribution in [3.63, 3.8) is 0 Å². The van der Waals surface area contributed by atoms with E-state index in [0.29, 0.717) is 24.2 Å². The third kappa shape index (κ3) is 2.86. The van der Waals surface area contributed by atoms with Crippen LogP contribution in [0.4, 0.5) is 0 Å². The standard InChI is InChI=1S/C17H20N2O3/c1-4-10-18(3)11-15(20)14(5-2)19-16(21)12-8-6-7-9-13(12)17(19)22/h4-9,14-15,20H,1-2,10-11H2,3H3/t14-,15-/m0/s1. The summed E-state index contributed by atoms with van der Waals surface area (Å²) in [7, 11) is 1.83. The van der Waals surface area contributed by atoms with Crippen molar-refractivity contribution in [1.29, 1.82) is 0 Å². The van der Waals surface area contributed by atoms with E-state index in [-0.39, 0.29) is 0 Å². The van der Waals surface area contributed by atoms with Crippen LogP contribution < -0.4 is 0 Å². The van der Waals surface area contributed by atoms with Crippen LogP contribution in [0, 0.1) is 0 Å². The molecule has 5 heteroatoms. The van der Waals surface area contributed by atoms with Crippen molar-refractivity contribution in [3.8, 4) is 0 Å². The zero-order valence-corrected chi connectivity index (χ0v) is 12.6. The minimum Gasteiger partial charge on any atom is -0.389 e. The van der Waals surface area contributed by atoms with Crippen molar-refractivity contribution in [1.82, 2.24) is 9.80 Å². The topological polar surface area (TPSA) is 60.9 Å². The molecule has 1 aliphatic rings. The Labute approximate surface area is 130 Å². The van der Waals surface area contributed by atoms with E-state index in [1.807, 2.05) is 11.9 Å². The Kier molecular flexibility index (Phi) is 4.90. The smallest absolute Gasteiger partial charge is 0.262 e. The number of carbonyl (C=O) groups excluding carboxylic acids is 2. The zero-order chi connectivity index (χ0) is 16.3. The predicted octanol–water partition coefficient (Wildman–Crippen LogP) is 1.32. The van der Waals surface area contributed by atoms with Crippen LogP contribution in [0.25, 0.3) is 0 Å². The first kappa shape index (κ1) is 16.1. The first-order valence-electron chi connectivity index (χ1n) is 7.08. The number of nitrogens with zero attached hydrogens (tertiary/aromatic N) is 2. The van der Waals surface area contributed by atoms with Gasteiger partial charge in [0, 0.05) is 13.1 Å². The second-order valence-corrected chi connectivity index (χ2v) is 5.33. The lowest BCUT2D eigenvalue weighted by molar-refractivity contribution is 0.0365. The van der Waals surface area contributed by atoms with Crippen molar-refractivity contribution >= 4 is 11.8 Å². The van der Waals surface area contributed by atoms with Gasteiger partial charge < -0.3 is 10.0 Å². The number of aliphatic hydroxyl groups excluding tert-OH is 1. The van der Waals surface area contributed by atoms with Crippen LogP contribution in [0.15, 0.2) is 49.6 Å². The number of hydrogen-bond donors (Lipinski definition) is 1. The molecule has 0 saturated heterocycles. The molecule has 0 aliphatic carbocycles. The SMILES string of the molecule is C=CCN(C)C[C@H](O)[C@H](C=C)N1C(=O)c2ccccc2C1=O. The second kappa shape index (κ2) is 6.68. The summed E-state index contributed by atoms with van der Waals surface area (Å²) in [6.45, 7) is 8.21. The molecule has 0 fully saturated rings. The lowest BCUT2D eigenvalue weighted by Crippen LogP contribution is -2.49. The van der Waals surface area contributed by atoms with E-state index in [2.05, 4.69) is 13.2 Å². The van der Waals surface area contributed by atoms with E-state index >= 15 is 0 Å². The number of rotatable bonds is 7. The van der Waals surface area contributed by atoms with E-state index in [4.69, 9.17) is 0 Å². The molecule has 2 atom stereocenters. The highest BCUT2D eigenvalue weighted by Gasteiger charge is 2.41. The van der Waals surface area contributed by atoms with E-state index < -0.39 is 24.0 Å². The van der Waals surface area contributed by atoms with E-state index in [1.165, 1.54) is 6.08 Å². The van der Waals surface area contributed by atoms with Crippen LogP contribution >= 0.6 is 0 Å². The first-order valence-corrected chi connectivity index (χ1v) is 7.08. The number of imide groups is 1. The molecular formula is C17H20N2O3. The van der Waals surface area contributed by atoms with Gasteiger partial charge in [0.05, 0.1) is 23.3 Å². The fraction of sp³-hybridized carbons (Fsp3) is 0.294. The lowest BCUT2D eigenvalue weighted by atomic mass is 10.1. The number of amides is 2. The Hall–Kier alpha value is -2.24. The van der Waals surface area contributed by atoms with Crippen LogP contribution in [0.1, 0.15) is 20.7 Å². The molecule has 1 aliphatic heterocycles. The number of hydrogen-bond acceptors (Lipinski definition) is 4. The number of benzene rings is 1. The highest BCUT2D eigenvalue weighted by molar-refractivity contribution is 6.21. The molecule has 1 heterocycles. The molecule has 2 amide bonds. The number of carbonyl (C=O) groups is 2. The van der Waals surface area contributed by atoms with Crippen molar-refractivity contribution in [3.05, 3.63) is 60.7 Å². The van der Waals surface area contributed by atoms with Gasteiger partial charge in [0.1, 0.15) is 0 Å². The Morgan fingerprint density at radius 1 is 1.23 bits per heavy atom. The highest BCUT2D eigenvalue weighted by Crippen LogP contribution is 2.26. The summed E-state index contributed by atoms with van der Waals surface area (Å²) in [5, 5.41) is 10.4. The molecule has 22 heavy (non-hydrogen) atoms. The molecule has 0 spiro atoms. The number of aliphatic hydroxyl groups is 1.